The summed E-state index contributed by atoms with van der Waals surface area (Å²) in [5.41, 5.74) is 1.54. The van der Waals surface area contributed by atoms with Crippen LogP contribution in [0.15, 0.2) is 47.5 Å². The van der Waals surface area contributed by atoms with Crippen molar-refractivity contribution in [2.75, 3.05) is 36.8 Å². The summed E-state index contributed by atoms with van der Waals surface area (Å²) in [6.45, 7) is 2.59. The summed E-state index contributed by atoms with van der Waals surface area (Å²) in [6, 6.07) is 10.3. The lowest BCUT2D eigenvalue weighted by molar-refractivity contribution is 0.209. The Labute approximate surface area is 223 Å². The van der Waals surface area contributed by atoms with Crippen LogP contribution in [0.25, 0.3) is 0 Å². The number of halogens is 3. The predicted molar refractivity (Wildman–Crippen MR) is 141 cm³/mol. The van der Waals surface area contributed by atoms with Gasteiger partial charge in [0.2, 0.25) is 0 Å². The van der Waals surface area contributed by atoms with Gasteiger partial charge in [-0.1, -0.05) is 35.1 Å². The fourth-order valence-electron chi connectivity index (χ4n) is 5.53. The lowest BCUT2D eigenvalue weighted by Gasteiger charge is -2.32. The Morgan fingerprint density at radius 1 is 1.27 bits per heavy atom. The van der Waals surface area contributed by atoms with Crippen molar-refractivity contribution in [3.8, 4) is 5.75 Å². The standard InChI is InChI=1S/C25H27ClF2N4O3S2/c1-35-18-5-3-16(4-6-18)9-17-12-25(7-2-8-32(25)14-17)15-30-21-11-20(27)22(10-19(21)26)37(33,34)31-24-29-13-23(28)36-24/h3-6,10-11,13,17,30H,2,7-9,12,14-15H2,1H3,(H,29,31)/t17-,25-/m0/s1. The molecule has 1 aromatic heterocycles. The number of methoxy groups -OCH3 is 1. The molecule has 0 amide bonds. The number of hydrogen-bond donors (Lipinski definition) is 2. The fourth-order valence-corrected chi connectivity index (χ4v) is 7.70. The highest BCUT2D eigenvalue weighted by Crippen LogP contribution is 2.43. The minimum atomic E-state index is -4.33. The van der Waals surface area contributed by atoms with Crippen LogP contribution in [0.2, 0.25) is 5.02 Å². The molecule has 2 atom stereocenters. The van der Waals surface area contributed by atoms with Crippen LogP contribution in [0, 0.1) is 16.9 Å². The van der Waals surface area contributed by atoms with Crippen molar-refractivity contribution in [3.63, 3.8) is 0 Å². The van der Waals surface area contributed by atoms with E-state index in [1.807, 2.05) is 12.1 Å². The smallest absolute Gasteiger partial charge is 0.266 e. The molecular weight excluding hydrogens is 542 g/mol. The van der Waals surface area contributed by atoms with Crippen LogP contribution < -0.4 is 14.8 Å². The number of thiazole rings is 1. The number of anilines is 2. The first-order chi connectivity index (χ1) is 17.7. The van der Waals surface area contributed by atoms with Crippen LogP contribution in [0.4, 0.5) is 19.6 Å². The van der Waals surface area contributed by atoms with Gasteiger partial charge in [-0.05, 0) is 68.0 Å². The van der Waals surface area contributed by atoms with Gasteiger partial charge in [-0.3, -0.25) is 9.62 Å². The molecule has 37 heavy (non-hydrogen) atoms. The molecule has 0 aliphatic carbocycles. The van der Waals surface area contributed by atoms with Crippen molar-refractivity contribution in [3.05, 3.63) is 64.1 Å². The molecule has 2 saturated heterocycles. The topological polar surface area (TPSA) is 83.6 Å². The van der Waals surface area contributed by atoms with Crippen LogP contribution in [-0.2, 0) is 16.4 Å². The minimum absolute atomic E-state index is 0.0574. The Bertz CT molecular complexity index is 1390. The van der Waals surface area contributed by atoms with E-state index in [9.17, 15) is 17.2 Å². The van der Waals surface area contributed by atoms with Crippen LogP contribution >= 0.6 is 22.9 Å². The molecule has 0 unspecified atom stereocenters. The van der Waals surface area contributed by atoms with Gasteiger partial charge < -0.3 is 10.1 Å². The van der Waals surface area contributed by atoms with Crippen LogP contribution in [0.3, 0.4) is 0 Å². The maximum atomic E-state index is 14.9. The molecule has 198 valence electrons. The number of nitrogens with zero attached hydrogens (tertiary/aromatic N) is 2. The van der Waals surface area contributed by atoms with Crippen molar-refractivity contribution in [2.24, 2.45) is 5.92 Å². The predicted octanol–water partition coefficient (Wildman–Crippen LogP) is 5.39. The first-order valence-corrected chi connectivity index (χ1v) is 14.6. The van der Waals surface area contributed by atoms with Crippen molar-refractivity contribution in [1.82, 2.24) is 9.88 Å². The van der Waals surface area contributed by atoms with E-state index in [1.54, 1.807) is 7.11 Å². The fraction of sp³-hybridized carbons (Fsp3) is 0.400. The van der Waals surface area contributed by atoms with Crippen molar-refractivity contribution < 1.29 is 21.9 Å². The number of rotatable bonds is 9. The molecule has 0 bridgehead atoms. The molecule has 7 nitrogen and oxygen atoms in total. The molecule has 5 rings (SSSR count). The van der Waals surface area contributed by atoms with Crippen LogP contribution in [0.1, 0.15) is 24.8 Å². The second kappa shape index (κ2) is 10.4. The molecule has 2 aliphatic heterocycles. The second-order valence-corrected chi connectivity index (χ2v) is 12.6. The molecular formula is C25H27ClF2N4O3S2. The van der Waals surface area contributed by atoms with Crippen LogP contribution in [0.5, 0.6) is 5.75 Å². The number of sulfonamides is 1. The quantitative estimate of drug-likeness (QED) is 0.360. The first kappa shape index (κ1) is 26.1. The Morgan fingerprint density at radius 3 is 2.76 bits per heavy atom. The van der Waals surface area contributed by atoms with Gasteiger partial charge in [-0.15, -0.1) is 0 Å². The van der Waals surface area contributed by atoms with Crippen molar-refractivity contribution >= 4 is 43.8 Å². The Morgan fingerprint density at radius 2 is 2.05 bits per heavy atom. The van der Waals surface area contributed by atoms with Gasteiger partial charge >= 0.3 is 0 Å². The van der Waals surface area contributed by atoms with Gasteiger partial charge in [-0.2, -0.15) is 4.39 Å². The Balaban J connectivity index is 1.27. The molecule has 12 heteroatoms. The molecule has 2 aliphatic rings. The van der Waals surface area contributed by atoms with Crippen molar-refractivity contribution in [1.29, 1.82) is 0 Å². The average Bonchev–Trinajstić information content (AvgIpc) is 3.53. The van der Waals surface area contributed by atoms with Gasteiger partial charge in [0.05, 0.1) is 24.0 Å². The number of nitrogens with one attached hydrogen (secondary N) is 2. The zero-order chi connectivity index (χ0) is 26.2. The lowest BCUT2D eigenvalue weighted by Crippen LogP contribution is -2.44. The maximum Gasteiger partial charge on any atom is 0.266 e. The Hall–Kier alpha value is -2.47. The molecule has 0 radical (unpaired) electrons. The monoisotopic (exact) mass is 568 g/mol. The van der Waals surface area contributed by atoms with E-state index in [2.05, 4.69) is 32.1 Å². The third-order valence-corrected chi connectivity index (χ3v) is 9.69. The van der Waals surface area contributed by atoms with E-state index >= 15 is 0 Å². The lowest BCUT2D eigenvalue weighted by atomic mass is 9.87. The first-order valence-electron chi connectivity index (χ1n) is 11.9. The average molecular weight is 569 g/mol. The molecule has 0 spiro atoms. The second-order valence-electron chi connectivity index (χ2n) is 9.59. The van der Waals surface area contributed by atoms with E-state index < -0.39 is 25.9 Å². The largest absolute Gasteiger partial charge is 0.497 e. The minimum Gasteiger partial charge on any atom is -0.497 e. The summed E-state index contributed by atoms with van der Waals surface area (Å²) in [6.07, 6.45) is 4.99. The summed E-state index contributed by atoms with van der Waals surface area (Å²) in [7, 11) is -2.67. The zero-order valence-corrected chi connectivity index (χ0v) is 22.5. The highest BCUT2D eigenvalue weighted by atomic mass is 35.5. The normalized spacial score (nSPS) is 21.7. The number of benzene rings is 2. The summed E-state index contributed by atoms with van der Waals surface area (Å²) in [5.74, 6) is 0.380. The molecule has 2 N–H and O–H groups in total. The van der Waals surface area contributed by atoms with E-state index in [4.69, 9.17) is 16.3 Å². The van der Waals surface area contributed by atoms with E-state index in [0.29, 0.717) is 29.5 Å². The molecule has 3 heterocycles. The number of aromatic nitrogens is 1. The molecule has 3 aromatic rings. The molecule has 0 saturated carbocycles. The summed E-state index contributed by atoms with van der Waals surface area (Å²) < 4.78 is 60.7. The molecule has 2 fully saturated rings. The zero-order valence-electron chi connectivity index (χ0n) is 20.1. The SMILES string of the molecule is COc1ccc(C[C@@H]2CN3CCC[C@@]3(CNc3cc(F)c(S(=O)(=O)Nc4ncc(F)s4)cc3Cl)C2)cc1. The third-order valence-electron chi connectivity index (χ3n) is 7.19. The van der Waals surface area contributed by atoms with E-state index in [0.717, 1.165) is 62.9 Å². The highest BCUT2D eigenvalue weighted by molar-refractivity contribution is 7.93. The third kappa shape index (κ3) is 5.55. The summed E-state index contributed by atoms with van der Waals surface area (Å²) >= 11 is 6.89. The van der Waals surface area contributed by atoms with Gasteiger partial charge in [0.25, 0.3) is 10.0 Å². The summed E-state index contributed by atoms with van der Waals surface area (Å²) in [4.78, 5) is 5.50. The molecule has 2 aromatic carbocycles. The van der Waals surface area contributed by atoms with E-state index in [-0.39, 0.29) is 15.7 Å². The maximum absolute atomic E-state index is 14.9. The van der Waals surface area contributed by atoms with Gasteiger partial charge in [0, 0.05) is 18.6 Å². The number of ether oxygens (including phenoxy) is 1. The number of hydrogen-bond acceptors (Lipinski definition) is 7. The van der Waals surface area contributed by atoms with Gasteiger partial charge in [0.1, 0.15) is 16.5 Å². The Kier molecular flexibility index (Phi) is 7.32. The van der Waals surface area contributed by atoms with E-state index in [1.165, 1.54) is 5.56 Å². The highest BCUT2D eigenvalue weighted by Gasteiger charge is 2.48. The summed E-state index contributed by atoms with van der Waals surface area (Å²) in [5, 5.41) is 2.52. The number of fused-ring (bicyclic) bond motifs is 1. The van der Waals surface area contributed by atoms with Crippen molar-refractivity contribution in [2.45, 2.75) is 36.1 Å². The van der Waals surface area contributed by atoms with Crippen LogP contribution in [-0.4, -0.2) is 50.6 Å². The van der Waals surface area contributed by atoms with Gasteiger partial charge in [0.15, 0.2) is 10.3 Å². The van der Waals surface area contributed by atoms with Gasteiger partial charge in [-0.25, -0.2) is 17.8 Å².